The van der Waals surface area contributed by atoms with Crippen LogP contribution in [0.4, 0.5) is 10.3 Å². The van der Waals surface area contributed by atoms with Crippen molar-refractivity contribution in [1.29, 1.82) is 0 Å². The van der Waals surface area contributed by atoms with Crippen molar-refractivity contribution >= 4 is 27.8 Å². The molecule has 2 N–H and O–H groups in total. The molecule has 1 amide bonds. The maximum absolute atomic E-state index is 13.4. The Kier molecular flexibility index (Phi) is 4.03. The molecule has 0 fully saturated rings. The molecule has 1 unspecified atom stereocenters. The average molecular weight is 313 g/mol. The lowest BCUT2D eigenvalue weighted by atomic mass is 10.1. The van der Waals surface area contributed by atoms with Crippen molar-refractivity contribution in [2.75, 3.05) is 5.32 Å². The van der Waals surface area contributed by atoms with E-state index in [-0.39, 0.29) is 24.1 Å². The Hall–Kier alpha value is -1.76. The molecule has 18 heavy (non-hydrogen) atoms. The molecule has 2 aromatic rings. The molecule has 0 saturated carbocycles. The topological polar surface area (TPSA) is 70.7 Å². The molecule has 1 aromatic carbocycles. The number of aromatic nitrogens is 3. The molecule has 1 atom stereocenters. The second kappa shape index (κ2) is 5.72. The highest BCUT2D eigenvalue weighted by Crippen LogP contribution is 2.14. The summed E-state index contributed by atoms with van der Waals surface area (Å²) in [6.45, 7) is 0. The largest absolute Gasteiger partial charge is 0.294 e. The van der Waals surface area contributed by atoms with Crippen LogP contribution in [0.5, 0.6) is 0 Å². The molecule has 0 aliphatic heterocycles. The summed E-state index contributed by atoms with van der Waals surface area (Å²) in [5, 5.41) is 8.64. The molecule has 1 heterocycles. The predicted molar refractivity (Wildman–Crippen MR) is 67.8 cm³/mol. The van der Waals surface area contributed by atoms with Gasteiger partial charge in [0.15, 0.2) is 0 Å². The molecule has 0 bridgehead atoms. The molecule has 0 aliphatic rings. The van der Waals surface area contributed by atoms with E-state index in [4.69, 9.17) is 0 Å². The molecule has 7 heteroatoms. The molecule has 5 nitrogen and oxygen atoms in total. The molecule has 94 valence electrons. The fourth-order valence-corrected chi connectivity index (χ4v) is 1.87. The Labute approximate surface area is 111 Å². The first-order valence-electron chi connectivity index (χ1n) is 5.20. The number of benzene rings is 1. The minimum absolute atomic E-state index is 0.257. The minimum atomic E-state index is -0.542. The van der Waals surface area contributed by atoms with E-state index < -0.39 is 4.83 Å². The SMILES string of the molecule is O=C(Nc1ncn[nH]1)C(Br)Cc1ccccc1F. The summed E-state index contributed by atoms with van der Waals surface area (Å²) in [6, 6.07) is 6.35. The third-order valence-electron chi connectivity index (χ3n) is 2.30. The van der Waals surface area contributed by atoms with E-state index in [2.05, 4.69) is 36.4 Å². The highest BCUT2D eigenvalue weighted by atomic mass is 79.9. The summed E-state index contributed by atoms with van der Waals surface area (Å²) >= 11 is 3.22. The standard InChI is InChI=1S/C11H10BrFN4O/c12-8(5-7-3-1-2-4-9(7)13)10(18)16-11-14-6-15-17-11/h1-4,6,8H,5H2,(H2,14,15,16,17,18). The van der Waals surface area contributed by atoms with Gasteiger partial charge in [-0.15, -0.1) is 0 Å². The van der Waals surface area contributed by atoms with Gasteiger partial charge in [-0.2, -0.15) is 10.1 Å². The van der Waals surface area contributed by atoms with Gasteiger partial charge in [0.05, 0.1) is 4.83 Å². The number of alkyl halides is 1. The number of anilines is 1. The number of nitrogens with zero attached hydrogens (tertiary/aromatic N) is 2. The Bertz CT molecular complexity index is 532. The van der Waals surface area contributed by atoms with Gasteiger partial charge >= 0.3 is 0 Å². The lowest BCUT2D eigenvalue weighted by Crippen LogP contribution is -2.25. The summed E-state index contributed by atoms with van der Waals surface area (Å²) in [4.78, 5) is 15.0. The van der Waals surface area contributed by atoms with Gasteiger partial charge < -0.3 is 0 Å². The van der Waals surface area contributed by atoms with Gasteiger partial charge in [0.2, 0.25) is 11.9 Å². The first-order valence-corrected chi connectivity index (χ1v) is 6.12. The first kappa shape index (κ1) is 12.7. The molecule has 0 saturated heterocycles. The van der Waals surface area contributed by atoms with Crippen LogP contribution in [-0.2, 0) is 11.2 Å². The van der Waals surface area contributed by atoms with E-state index in [1.54, 1.807) is 18.2 Å². The van der Waals surface area contributed by atoms with Gasteiger partial charge in [0, 0.05) is 0 Å². The van der Waals surface area contributed by atoms with Gasteiger partial charge in [0.25, 0.3) is 0 Å². The lowest BCUT2D eigenvalue weighted by Gasteiger charge is -2.09. The Morgan fingerprint density at radius 3 is 2.94 bits per heavy atom. The Balaban J connectivity index is 1.97. The molecule has 1 aromatic heterocycles. The summed E-state index contributed by atoms with van der Waals surface area (Å²) in [7, 11) is 0. The van der Waals surface area contributed by atoms with Crippen LogP contribution >= 0.6 is 15.9 Å². The van der Waals surface area contributed by atoms with E-state index >= 15 is 0 Å². The first-order chi connectivity index (χ1) is 8.66. The molecule has 0 radical (unpaired) electrons. The van der Waals surface area contributed by atoms with Crippen LogP contribution in [0.2, 0.25) is 0 Å². The van der Waals surface area contributed by atoms with Crippen molar-refractivity contribution < 1.29 is 9.18 Å². The summed E-state index contributed by atoms with van der Waals surface area (Å²) in [5.41, 5.74) is 0.479. The molecular formula is C11H10BrFN4O. The highest BCUT2D eigenvalue weighted by Gasteiger charge is 2.18. The summed E-state index contributed by atoms with van der Waals surface area (Å²) < 4.78 is 13.4. The van der Waals surface area contributed by atoms with Crippen molar-refractivity contribution in [2.45, 2.75) is 11.2 Å². The summed E-state index contributed by atoms with van der Waals surface area (Å²) in [6.07, 6.45) is 1.54. The van der Waals surface area contributed by atoms with Crippen LogP contribution in [-0.4, -0.2) is 25.9 Å². The van der Waals surface area contributed by atoms with E-state index in [0.717, 1.165) is 0 Å². The van der Waals surface area contributed by atoms with Crippen molar-refractivity contribution in [1.82, 2.24) is 15.2 Å². The number of hydrogen-bond donors (Lipinski definition) is 2. The number of carbonyl (C=O) groups is 1. The van der Waals surface area contributed by atoms with Crippen molar-refractivity contribution in [3.8, 4) is 0 Å². The number of nitrogens with one attached hydrogen (secondary N) is 2. The van der Waals surface area contributed by atoms with E-state index in [1.807, 2.05) is 0 Å². The van der Waals surface area contributed by atoms with Crippen LogP contribution in [0.25, 0.3) is 0 Å². The molecule has 0 spiro atoms. The van der Waals surface area contributed by atoms with Crippen LogP contribution in [0, 0.1) is 5.82 Å². The maximum Gasteiger partial charge on any atom is 0.240 e. The van der Waals surface area contributed by atoms with Gasteiger partial charge in [-0.05, 0) is 18.1 Å². The van der Waals surface area contributed by atoms with Gasteiger partial charge in [0.1, 0.15) is 12.1 Å². The van der Waals surface area contributed by atoms with Gasteiger partial charge in [-0.1, -0.05) is 34.1 Å². The van der Waals surface area contributed by atoms with Crippen molar-refractivity contribution in [3.05, 3.63) is 42.0 Å². The summed E-state index contributed by atoms with van der Waals surface area (Å²) in [5.74, 6) is -0.373. The fourth-order valence-electron chi connectivity index (χ4n) is 1.41. The van der Waals surface area contributed by atoms with Crippen LogP contribution in [0.1, 0.15) is 5.56 Å². The smallest absolute Gasteiger partial charge is 0.240 e. The zero-order valence-corrected chi connectivity index (χ0v) is 10.8. The maximum atomic E-state index is 13.4. The second-order valence-electron chi connectivity index (χ2n) is 3.59. The number of hydrogen-bond acceptors (Lipinski definition) is 3. The Morgan fingerprint density at radius 1 is 1.50 bits per heavy atom. The molecular weight excluding hydrogens is 303 g/mol. The van der Waals surface area contributed by atoms with Crippen molar-refractivity contribution in [2.24, 2.45) is 0 Å². The quantitative estimate of drug-likeness (QED) is 0.847. The fraction of sp³-hybridized carbons (Fsp3) is 0.182. The lowest BCUT2D eigenvalue weighted by molar-refractivity contribution is -0.115. The monoisotopic (exact) mass is 312 g/mol. The van der Waals surface area contributed by atoms with Gasteiger partial charge in [-0.3, -0.25) is 10.1 Å². The van der Waals surface area contributed by atoms with Crippen LogP contribution in [0.3, 0.4) is 0 Å². The highest BCUT2D eigenvalue weighted by molar-refractivity contribution is 9.10. The third-order valence-corrected chi connectivity index (χ3v) is 3.04. The number of aromatic amines is 1. The minimum Gasteiger partial charge on any atom is -0.294 e. The van der Waals surface area contributed by atoms with Crippen molar-refractivity contribution in [3.63, 3.8) is 0 Å². The van der Waals surface area contributed by atoms with E-state index in [1.165, 1.54) is 12.4 Å². The second-order valence-corrected chi connectivity index (χ2v) is 4.69. The van der Waals surface area contributed by atoms with E-state index in [9.17, 15) is 9.18 Å². The average Bonchev–Trinajstić information content (AvgIpc) is 2.84. The van der Waals surface area contributed by atoms with E-state index in [0.29, 0.717) is 5.56 Å². The molecule has 2 rings (SSSR count). The number of amides is 1. The van der Waals surface area contributed by atoms with Crippen LogP contribution < -0.4 is 5.32 Å². The normalized spacial score (nSPS) is 12.1. The predicted octanol–water partition coefficient (Wildman–Crippen LogP) is 1.89. The zero-order valence-electron chi connectivity index (χ0n) is 9.23. The number of H-pyrrole nitrogens is 1. The van der Waals surface area contributed by atoms with Crippen LogP contribution in [0.15, 0.2) is 30.6 Å². The number of rotatable bonds is 4. The Morgan fingerprint density at radius 2 is 2.28 bits per heavy atom. The number of carbonyl (C=O) groups excluding carboxylic acids is 1. The zero-order chi connectivity index (χ0) is 13.0. The van der Waals surface area contributed by atoms with Gasteiger partial charge in [-0.25, -0.2) is 9.49 Å². The number of halogens is 2. The third kappa shape index (κ3) is 3.13. The molecule has 0 aliphatic carbocycles.